The molecule has 2 aromatic carbocycles. The van der Waals surface area contributed by atoms with Gasteiger partial charge in [-0.15, -0.1) is 0 Å². The van der Waals surface area contributed by atoms with Crippen LogP contribution in [0.2, 0.25) is 0 Å². The van der Waals surface area contributed by atoms with E-state index in [4.69, 9.17) is 9.52 Å². The van der Waals surface area contributed by atoms with Gasteiger partial charge in [-0.25, -0.2) is 9.99 Å². The zero-order valence-electron chi connectivity index (χ0n) is 20.2. The number of nitrogens with zero attached hydrogens (tertiary/aromatic N) is 4. The van der Waals surface area contributed by atoms with Gasteiger partial charge in [0, 0.05) is 37.0 Å². The molecule has 0 bridgehead atoms. The quantitative estimate of drug-likeness (QED) is 0.281. The lowest BCUT2D eigenvalue weighted by Crippen LogP contribution is -2.22. The third kappa shape index (κ3) is 4.90. The first-order valence-corrected chi connectivity index (χ1v) is 12.2. The van der Waals surface area contributed by atoms with Gasteiger partial charge in [-0.3, -0.25) is 0 Å². The average Bonchev–Trinajstić information content (AvgIpc) is 3.60. The number of allylic oxidation sites excluding steroid dienone is 1. The summed E-state index contributed by atoms with van der Waals surface area (Å²) >= 11 is 0. The molecule has 5 nitrogen and oxygen atoms in total. The molecule has 0 aliphatic carbocycles. The van der Waals surface area contributed by atoms with Crippen LogP contribution in [0.1, 0.15) is 43.2 Å². The first kappa shape index (κ1) is 22.7. The van der Waals surface area contributed by atoms with E-state index in [1.807, 2.05) is 42.6 Å². The van der Waals surface area contributed by atoms with Crippen LogP contribution in [-0.2, 0) is 0 Å². The van der Waals surface area contributed by atoms with Crippen LogP contribution < -0.4 is 9.91 Å². The van der Waals surface area contributed by atoms with Gasteiger partial charge in [-0.2, -0.15) is 5.10 Å². The number of hydrogen-bond acceptors (Lipinski definition) is 5. The average molecular weight is 463 g/mol. The predicted octanol–water partition coefficient (Wildman–Crippen LogP) is 7.07. The maximum atomic E-state index is 5.66. The van der Waals surface area contributed by atoms with Crippen molar-refractivity contribution in [1.29, 1.82) is 0 Å². The Balaban J connectivity index is 1.55. The molecule has 0 N–H and O–H groups in total. The molecule has 1 aliphatic rings. The number of aromatic nitrogens is 1. The molecule has 1 atom stereocenters. The van der Waals surface area contributed by atoms with Crippen LogP contribution in [0.3, 0.4) is 0 Å². The normalized spacial score (nSPS) is 15.8. The van der Waals surface area contributed by atoms with Crippen molar-refractivity contribution in [1.82, 2.24) is 4.98 Å². The molecule has 0 fully saturated rings. The van der Waals surface area contributed by atoms with Crippen LogP contribution in [0.4, 0.5) is 11.5 Å². The van der Waals surface area contributed by atoms with Crippen LogP contribution in [0.15, 0.2) is 107 Å². The molecule has 1 aliphatic heterocycles. The lowest BCUT2D eigenvalue weighted by atomic mass is 9.93. The number of benzene rings is 2. The number of anilines is 2. The highest BCUT2D eigenvalue weighted by atomic mass is 16.3. The van der Waals surface area contributed by atoms with E-state index in [1.165, 1.54) is 11.3 Å². The summed E-state index contributed by atoms with van der Waals surface area (Å²) in [6, 6.07) is 29.2. The Kier molecular flexibility index (Phi) is 6.75. The highest BCUT2D eigenvalue weighted by Gasteiger charge is 2.32. The molecule has 35 heavy (non-hydrogen) atoms. The van der Waals surface area contributed by atoms with Crippen molar-refractivity contribution in [3.63, 3.8) is 0 Å². The standard InChI is InChI=1S/C30H30N4O/c1-3-33(4-2)25-17-15-24(16-18-25)29-22-28(32-34(29)30-14-8-9-19-31-30)27(21-26-13-10-20-35-26)23-11-6-5-7-12-23/h5-21,29H,3-4,22H2,1-2H3. The Bertz CT molecular complexity index is 1280. The summed E-state index contributed by atoms with van der Waals surface area (Å²) in [6.45, 7) is 6.36. The van der Waals surface area contributed by atoms with E-state index in [-0.39, 0.29) is 6.04 Å². The van der Waals surface area contributed by atoms with Gasteiger partial charge in [-0.1, -0.05) is 48.5 Å². The minimum Gasteiger partial charge on any atom is -0.465 e. The molecule has 176 valence electrons. The smallest absolute Gasteiger partial charge is 0.149 e. The number of rotatable bonds is 8. The van der Waals surface area contributed by atoms with Crippen molar-refractivity contribution in [2.45, 2.75) is 26.3 Å². The van der Waals surface area contributed by atoms with Crippen molar-refractivity contribution in [3.05, 3.63) is 114 Å². The minimum atomic E-state index is 0.0503. The molecule has 0 saturated carbocycles. The van der Waals surface area contributed by atoms with Gasteiger partial charge in [0.1, 0.15) is 11.6 Å². The van der Waals surface area contributed by atoms with E-state index in [2.05, 4.69) is 83.3 Å². The van der Waals surface area contributed by atoms with Crippen LogP contribution in [0.25, 0.3) is 11.6 Å². The molecule has 5 heteroatoms. The summed E-state index contributed by atoms with van der Waals surface area (Å²) < 4.78 is 5.66. The molecule has 0 amide bonds. The minimum absolute atomic E-state index is 0.0503. The van der Waals surface area contributed by atoms with Crippen LogP contribution in [-0.4, -0.2) is 23.8 Å². The van der Waals surface area contributed by atoms with Crippen LogP contribution in [0.5, 0.6) is 0 Å². The first-order chi connectivity index (χ1) is 17.3. The van der Waals surface area contributed by atoms with Gasteiger partial charge >= 0.3 is 0 Å². The number of hydrogen-bond donors (Lipinski definition) is 0. The second kappa shape index (κ2) is 10.4. The molecule has 3 heterocycles. The monoisotopic (exact) mass is 462 g/mol. The van der Waals surface area contributed by atoms with E-state index in [0.717, 1.165) is 47.9 Å². The third-order valence-electron chi connectivity index (χ3n) is 6.43. The molecule has 0 spiro atoms. The van der Waals surface area contributed by atoms with Gasteiger partial charge < -0.3 is 9.32 Å². The van der Waals surface area contributed by atoms with Crippen molar-refractivity contribution < 1.29 is 4.42 Å². The fourth-order valence-corrected chi connectivity index (χ4v) is 4.60. The second-order valence-corrected chi connectivity index (χ2v) is 8.50. The highest BCUT2D eigenvalue weighted by Crippen LogP contribution is 2.38. The number of furan rings is 1. The van der Waals surface area contributed by atoms with Crippen molar-refractivity contribution in [2.75, 3.05) is 23.0 Å². The highest BCUT2D eigenvalue weighted by molar-refractivity contribution is 6.29. The molecule has 5 rings (SSSR count). The lowest BCUT2D eigenvalue weighted by molar-refractivity contribution is 0.557. The Morgan fingerprint density at radius 2 is 1.71 bits per heavy atom. The summed E-state index contributed by atoms with van der Waals surface area (Å²) in [4.78, 5) is 6.98. The predicted molar refractivity (Wildman–Crippen MR) is 145 cm³/mol. The molecule has 0 radical (unpaired) electrons. The Morgan fingerprint density at radius 1 is 0.943 bits per heavy atom. The lowest BCUT2D eigenvalue weighted by Gasteiger charge is -2.25. The Hall–Kier alpha value is -4.12. The van der Waals surface area contributed by atoms with Crippen molar-refractivity contribution in [3.8, 4) is 0 Å². The zero-order valence-corrected chi connectivity index (χ0v) is 20.2. The van der Waals surface area contributed by atoms with Gasteiger partial charge in [0.25, 0.3) is 0 Å². The second-order valence-electron chi connectivity index (χ2n) is 8.50. The molecule has 2 aromatic heterocycles. The third-order valence-corrected chi connectivity index (χ3v) is 6.43. The van der Waals surface area contributed by atoms with Gasteiger partial charge in [0.05, 0.1) is 18.0 Å². The summed E-state index contributed by atoms with van der Waals surface area (Å²) in [5.74, 6) is 1.65. The molecule has 0 saturated heterocycles. The van der Waals surface area contributed by atoms with E-state index >= 15 is 0 Å². The largest absolute Gasteiger partial charge is 0.465 e. The van der Waals surface area contributed by atoms with Crippen molar-refractivity contribution >= 4 is 28.9 Å². The van der Waals surface area contributed by atoms with Gasteiger partial charge in [-0.05, 0) is 67.4 Å². The zero-order chi connectivity index (χ0) is 24.0. The summed E-state index contributed by atoms with van der Waals surface area (Å²) in [6.07, 6.45) is 6.37. The summed E-state index contributed by atoms with van der Waals surface area (Å²) in [7, 11) is 0. The number of pyridine rings is 1. The number of hydrazone groups is 1. The van der Waals surface area contributed by atoms with E-state index < -0.39 is 0 Å². The molecule has 1 unspecified atom stereocenters. The Labute approximate surface area is 207 Å². The summed E-state index contributed by atoms with van der Waals surface area (Å²) in [5, 5.41) is 7.19. The fraction of sp³-hybridized carbons (Fsp3) is 0.200. The maximum absolute atomic E-state index is 5.66. The molecular formula is C30H30N4O. The Morgan fingerprint density at radius 3 is 2.37 bits per heavy atom. The SMILES string of the molecule is CCN(CC)c1ccc(C2CC(C(=Cc3ccco3)c3ccccc3)=NN2c2ccccn2)cc1. The fourth-order valence-electron chi connectivity index (χ4n) is 4.60. The molecule has 4 aromatic rings. The van der Waals surface area contributed by atoms with Crippen LogP contribution in [0, 0.1) is 0 Å². The van der Waals surface area contributed by atoms with E-state index in [9.17, 15) is 0 Å². The van der Waals surface area contributed by atoms with E-state index in [0.29, 0.717) is 0 Å². The van der Waals surface area contributed by atoms with E-state index in [1.54, 1.807) is 6.26 Å². The van der Waals surface area contributed by atoms with Gasteiger partial charge in [0.2, 0.25) is 0 Å². The summed E-state index contributed by atoms with van der Waals surface area (Å²) in [5.41, 5.74) is 5.64. The van der Waals surface area contributed by atoms with Gasteiger partial charge in [0.15, 0.2) is 0 Å². The first-order valence-electron chi connectivity index (χ1n) is 12.2. The van der Waals surface area contributed by atoms with Crippen molar-refractivity contribution in [2.24, 2.45) is 5.10 Å². The topological polar surface area (TPSA) is 44.9 Å². The molecular weight excluding hydrogens is 432 g/mol. The maximum Gasteiger partial charge on any atom is 0.149 e. The van der Waals surface area contributed by atoms with Crippen LogP contribution >= 0.6 is 0 Å².